The Balaban J connectivity index is 2.26. The highest BCUT2D eigenvalue weighted by atomic mass is 32.2. The number of para-hydroxylation sites is 1. The number of alkyl halides is 2. The average Bonchev–Trinajstić information content (AvgIpc) is 2.40. The second kappa shape index (κ2) is 5.86. The molecule has 106 valence electrons. The summed E-state index contributed by atoms with van der Waals surface area (Å²) in [7, 11) is -4.55. The first-order valence-corrected chi connectivity index (χ1v) is 7.94. The molecule has 6 heteroatoms. The molecule has 1 fully saturated rings. The van der Waals surface area contributed by atoms with E-state index in [2.05, 4.69) is 5.32 Å². The molecule has 0 heterocycles. The van der Waals surface area contributed by atoms with Crippen molar-refractivity contribution in [2.45, 2.75) is 48.8 Å². The number of hydrogen-bond donors (Lipinski definition) is 1. The second-order valence-corrected chi connectivity index (χ2v) is 6.67. The molecular formula is C13H17F2NO2S. The summed E-state index contributed by atoms with van der Waals surface area (Å²) in [6, 6.07) is 6.05. The lowest BCUT2D eigenvalue weighted by Gasteiger charge is -2.25. The van der Waals surface area contributed by atoms with Crippen molar-refractivity contribution in [1.82, 2.24) is 0 Å². The molecule has 0 spiro atoms. The highest BCUT2D eigenvalue weighted by molar-refractivity contribution is 7.91. The summed E-state index contributed by atoms with van der Waals surface area (Å²) in [5.74, 6) is -3.39. The van der Waals surface area contributed by atoms with Crippen LogP contribution in [-0.4, -0.2) is 20.2 Å². The van der Waals surface area contributed by atoms with E-state index in [0.717, 1.165) is 25.7 Å². The van der Waals surface area contributed by atoms with E-state index in [1.54, 1.807) is 12.1 Å². The molecule has 0 bridgehead atoms. The van der Waals surface area contributed by atoms with Crippen molar-refractivity contribution in [3.8, 4) is 0 Å². The lowest BCUT2D eigenvalue weighted by molar-refractivity contribution is 0.235. The molecule has 1 N–H and O–H groups in total. The van der Waals surface area contributed by atoms with Crippen LogP contribution in [0.2, 0.25) is 0 Å². The van der Waals surface area contributed by atoms with E-state index in [9.17, 15) is 17.2 Å². The van der Waals surface area contributed by atoms with E-state index in [0.29, 0.717) is 0 Å². The molecule has 1 aromatic rings. The largest absolute Gasteiger partial charge is 0.381 e. The molecule has 0 atom stereocenters. The van der Waals surface area contributed by atoms with Gasteiger partial charge in [0, 0.05) is 6.04 Å². The molecular weight excluding hydrogens is 272 g/mol. The summed E-state index contributed by atoms with van der Waals surface area (Å²) in [6.45, 7) is 0. The number of anilines is 1. The van der Waals surface area contributed by atoms with Crippen LogP contribution in [0.4, 0.5) is 14.5 Å². The van der Waals surface area contributed by atoms with E-state index >= 15 is 0 Å². The van der Waals surface area contributed by atoms with Gasteiger partial charge in [-0.25, -0.2) is 8.42 Å². The Bertz CT molecular complexity index is 525. The van der Waals surface area contributed by atoms with Crippen LogP contribution in [0.25, 0.3) is 0 Å². The fourth-order valence-electron chi connectivity index (χ4n) is 2.40. The lowest BCUT2D eigenvalue weighted by Crippen LogP contribution is -2.24. The maximum atomic E-state index is 12.6. The van der Waals surface area contributed by atoms with Crippen LogP contribution in [0.1, 0.15) is 32.1 Å². The Morgan fingerprint density at radius 1 is 1.11 bits per heavy atom. The molecule has 0 saturated heterocycles. The van der Waals surface area contributed by atoms with Gasteiger partial charge >= 0.3 is 5.76 Å². The highest BCUT2D eigenvalue weighted by Crippen LogP contribution is 2.29. The standard InChI is InChI=1S/C13H17F2NO2S/c14-13(15)19(17,18)12-9-5-4-8-11(12)16-10-6-2-1-3-7-10/h4-5,8-10,13,16H,1-3,6-7H2. The van der Waals surface area contributed by atoms with Gasteiger partial charge in [0.25, 0.3) is 0 Å². The van der Waals surface area contributed by atoms with Crippen molar-refractivity contribution in [2.75, 3.05) is 5.32 Å². The monoisotopic (exact) mass is 289 g/mol. The molecule has 19 heavy (non-hydrogen) atoms. The van der Waals surface area contributed by atoms with Crippen LogP contribution in [-0.2, 0) is 9.84 Å². The molecule has 1 saturated carbocycles. The Labute approximate surface area is 111 Å². The van der Waals surface area contributed by atoms with Gasteiger partial charge in [0.1, 0.15) is 0 Å². The van der Waals surface area contributed by atoms with Gasteiger partial charge in [-0.05, 0) is 25.0 Å². The van der Waals surface area contributed by atoms with Crippen LogP contribution in [0, 0.1) is 0 Å². The van der Waals surface area contributed by atoms with E-state index < -0.39 is 15.6 Å². The van der Waals surface area contributed by atoms with Gasteiger partial charge in [-0.15, -0.1) is 0 Å². The maximum Gasteiger partial charge on any atom is 0.341 e. The van der Waals surface area contributed by atoms with Crippen molar-refractivity contribution >= 4 is 15.5 Å². The van der Waals surface area contributed by atoms with Crippen molar-refractivity contribution in [3.05, 3.63) is 24.3 Å². The third kappa shape index (κ3) is 3.23. The number of hydrogen-bond acceptors (Lipinski definition) is 3. The third-order valence-corrected chi connectivity index (χ3v) is 4.83. The van der Waals surface area contributed by atoms with Gasteiger partial charge < -0.3 is 5.32 Å². The molecule has 1 aliphatic rings. The van der Waals surface area contributed by atoms with E-state index in [1.165, 1.54) is 18.6 Å². The van der Waals surface area contributed by atoms with Crippen LogP contribution >= 0.6 is 0 Å². The minimum absolute atomic E-state index is 0.169. The summed E-state index contributed by atoms with van der Waals surface area (Å²) >= 11 is 0. The summed E-state index contributed by atoms with van der Waals surface area (Å²) in [5.41, 5.74) is 0.287. The van der Waals surface area contributed by atoms with Gasteiger partial charge in [0.05, 0.1) is 10.6 Å². The van der Waals surface area contributed by atoms with E-state index in [1.807, 2.05) is 0 Å². The average molecular weight is 289 g/mol. The Kier molecular flexibility index (Phi) is 4.39. The van der Waals surface area contributed by atoms with Gasteiger partial charge in [-0.3, -0.25) is 0 Å². The van der Waals surface area contributed by atoms with Crippen molar-refractivity contribution in [3.63, 3.8) is 0 Å². The molecule has 0 radical (unpaired) electrons. The number of nitrogens with one attached hydrogen (secondary N) is 1. The molecule has 0 aliphatic heterocycles. The van der Waals surface area contributed by atoms with Gasteiger partial charge in [0.15, 0.2) is 0 Å². The second-order valence-electron chi connectivity index (χ2n) is 4.78. The summed E-state index contributed by atoms with van der Waals surface area (Å²) in [5, 5.41) is 3.10. The zero-order valence-electron chi connectivity index (χ0n) is 10.5. The fraction of sp³-hybridized carbons (Fsp3) is 0.538. The zero-order chi connectivity index (χ0) is 13.9. The molecule has 2 rings (SSSR count). The van der Waals surface area contributed by atoms with E-state index in [4.69, 9.17) is 0 Å². The minimum atomic E-state index is -4.55. The fourth-order valence-corrected chi connectivity index (χ4v) is 3.29. The first-order valence-electron chi connectivity index (χ1n) is 6.39. The molecule has 3 nitrogen and oxygen atoms in total. The molecule has 0 aromatic heterocycles. The normalized spacial score (nSPS) is 17.6. The smallest absolute Gasteiger partial charge is 0.341 e. The molecule has 1 aliphatic carbocycles. The molecule has 0 unspecified atom stereocenters. The van der Waals surface area contributed by atoms with Crippen LogP contribution in [0.15, 0.2) is 29.2 Å². The Morgan fingerprint density at radius 3 is 2.37 bits per heavy atom. The number of sulfone groups is 1. The van der Waals surface area contributed by atoms with Crippen molar-refractivity contribution in [1.29, 1.82) is 0 Å². The lowest BCUT2D eigenvalue weighted by atomic mass is 9.95. The number of rotatable bonds is 4. The van der Waals surface area contributed by atoms with Gasteiger partial charge in [-0.1, -0.05) is 31.4 Å². The van der Waals surface area contributed by atoms with Gasteiger partial charge in [-0.2, -0.15) is 8.78 Å². The van der Waals surface area contributed by atoms with Crippen LogP contribution in [0.3, 0.4) is 0 Å². The summed E-state index contributed by atoms with van der Waals surface area (Å²) in [4.78, 5) is -0.310. The molecule has 1 aromatic carbocycles. The topological polar surface area (TPSA) is 46.2 Å². The first kappa shape index (κ1) is 14.2. The van der Waals surface area contributed by atoms with Crippen LogP contribution < -0.4 is 5.32 Å². The quantitative estimate of drug-likeness (QED) is 0.923. The number of halogens is 2. The maximum absolute atomic E-state index is 12.6. The highest BCUT2D eigenvalue weighted by Gasteiger charge is 2.29. The zero-order valence-corrected chi connectivity index (χ0v) is 11.3. The Hall–Kier alpha value is -1.17. The minimum Gasteiger partial charge on any atom is -0.381 e. The van der Waals surface area contributed by atoms with Gasteiger partial charge in [0.2, 0.25) is 9.84 Å². The molecule has 0 amide bonds. The Morgan fingerprint density at radius 2 is 1.74 bits per heavy atom. The third-order valence-electron chi connectivity index (χ3n) is 3.39. The predicted octanol–water partition coefficient (Wildman–Crippen LogP) is 3.43. The van der Waals surface area contributed by atoms with Crippen molar-refractivity contribution < 1.29 is 17.2 Å². The summed E-state index contributed by atoms with van der Waals surface area (Å²) < 4.78 is 48.5. The van der Waals surface area contributed by atoms with E-state index in [-0.39, 0.29) is 16.6 Å². The van der Waals surface area contributed by atoms with Crippen LogP contribution in [0.5, 0.6) is 0 Å². The number of benzene rings is 1. The first-order chi connectivity index (χ1) is 9.01. The predicted molar refractivity (Wildman–Crippen MR) is 70.1 cm³/mol. The summed E-state index contributed by atoms with van der Waals surface area (Å²) in [6.07, 6.45) is 5.24. The van der Waals surface area contributed by atoms with Crippen molar-refractivity contribution in [2.24, 2.45) is 0 Å². The SMILES string of the molecule is O=S(=O)(c1ccccc1NC1CCCCC1)C(F)F.